The van der Waals surface area contributed by atoms with E-state index in [0.29, 0.717) is 18.0 Å². The van der Waals surface area contributed by atoms with Gasteiger partial charge in [-0.15, -0.1) is 0 Å². The second kappa shape index (κ2) is 5.00. The van der Waals surface area contributed by atoms with E-state index >= 15 is 0 Å². The molecule has 0 aliphatic carbocycles. The van der Waals surface area contributed by atoms with Gasteiger partial charge in [-0.3, -0.25) is 9.36 Å². The van der Waals surface area contributed by atoms with Crippen LogP contribution in [0.5, 0.6) is 5.88 Å². The minimum atomic E-state index is -0.0351. The number of pyridine rings is 1. The van der Waals surface area contributed by atoms with Gasteiger partial charge in [-0.1, -0.05) is 6.07 Å². The molecule has 2 aromatic rings. The first-order valence-electron chi connectivity index (χ1n) is 5.64. The van der Waals surface area contributed by atoms with Crippen LogP contribution in [-0.4, -0.2) is 21.6 Å². The SMILES string of the molecule is COc1cccc(Cn2cnc(C)c(C)c2=O)n1. The number of aryl methyl sites for hydroxylation is 1. The Morgan fingerprint density at radius 2 is 2.11 bits per heavy atom. The second-order valence-electron chi connectivity index (χ2n) is 4.06. The van der Waals surface area contributed by atoms with E-state index < -0.39 is 0 Å². The fraction of sp³-hybridized carbons (Fsp3) is 0.308. The number of rotatable bonds is 3. The predicted molar refractivity (Wildman–Crippen MR) is 67.9 cm³/mol. The molecule has 0 saturated carbocycles. The lowest BCUT2D eigenvalue weighted by Gasteiger charge is -2.08. The summed E-state index contributed by atoms with van der Waals surface area (Å²) in [6.07, 6.45) is 1.55. The standard InChI is InChI=1S/C13H15N3O2/c1-9-10(2)14-8-16(13(9)17)7-11-5-4-6-12(15-11)18-3/h4-6,8H,7H2,1-3H3. The van der Waals surface area contributed by atoms with Gasteiger partial charge in [0.15, 0.2) is 0 Å². The molecule has 0 bridgehead atoms. The van der Waals surface area contributed by atoms with Gasteiger partial charge in [-0.2, -0.15) is 0 Å². The lowest BCUT2D eigenvalue weighted by molar-refractivity contribution is 0.395. The third-order valence-corrected chi connectivity index (χ3v) is 2.84. The molecule has 2 heterocycles. The molecule has 5 nitrogen and oxygen atoms in total. The maximum Gasteiger partial charge on any atom is 0.256 e. The molecule has 0 aromatic carbocycles. The van der Waals surface area contributed by atoms with Gasteiger partial charge in [0.05, 0.1) is 25.7 Å². The normalized spacial score (nSPS) is 10.4. The number of hydrogen-bond donors (Lipinski definition) is 0. The van der Waals surface area contributed by atoms with E-state index in [9.17, 15) is 4.79 Å². The van der Waals surface area contributed by atoms with Gasteiger partial charge in [-0.05, 0) is 19.9 Å². The summed E-state index contributed by atoms with van der Waals surface area (Å²) in [7, 11) is 1.57. The first-order valence-corrected chi connectivity index (χ1v) is 5.64. The van der Waals surface area contributed by atoms with Gasteiger partial charge in [0.2, 0.25) is 5.88 Å². The van der Waals surface area contributed by atoms with Crippen molar-refractivity contribution in [1.29, 1.82) is 0 Å². The summed E-state index contributed by atoms with van der Waals surface area (Å²) in [5, 5.41) is 0. The summed E-state index contributed by atoms with van der Waals surface area (Å²) >= 11 is 0. The average molecular weight is 245 g/mol. The van der Waals surface area contributed by atoms with Gasteiger partial charge in [0, 0.05) is 17.3 Å². The molecule has 0 aliphatic heterocycles. The first-order chi connectivity index (χ1) is 8.61. The van der Waals surface area contributed by atoms with Crippen LogP contribution in [-0.2, 0) is 6.54 Å². The summed E-state index contributed by atoms with van der Waals surface area (Å²) in [5.41, 5.74) is 2.16. The van der Waals surface area contributed by atoms with Crippen molar-refractivity contribution in [3.8, 4) is 5.88 Å². The van der Waals surface area contributed by atoms with Gasteiger partial charge in [0.25, 0.3) is 5.56 Å². The zero-order valence-electron chi connectivity index (χ0n) is 10.7. The Hall–Kier alpha value is -2.17. The van der Waals surface area contributed by atoms with E-state index in [1.54, 1.807) is 31.0 Å². The van der Waals surface area contributed by atoms with Gasteiger partial charge in [-0.25, -0.2) is 9.97 Å². The molecule has 0 atom stereocenters. The van der Waals surface area contributed by atoms with Crippen molar-refractivity contribution in [3.05, 3.63) is 51.8 Å². The molecule has 0 fully saturated rings. The highest BCUT2D eigenvalue weighted by molar-refractivity contribution is 5.17. The molecule has 0 spiro atoms. The molecule has 0 unspecified atom stereocenters. The second-order valence-corrected chi connectivity index (χ2v) is 4.06. The van der Waals surface area contributed by atoms with Crippen molar-refractivity contribution in [2.75, 3.05) is 7.11 Å². The van der Waals surface area contributed by atoms with E-state index in [2.05, 4.69) is 9.97 Å². The highest BCUT2D eigenvalue weighted by atomic mass is 16.5. The van der Waals surface area contributed by atoms with Crippen molar-refractivity contribution in [3.63, 3.8) is 0 Å². The summed E-state index contributed by atoms with van der Waals surface area (Å²) in [6, 6.07) is 5.47. The largest absolute Gasteiger partial charge is 0.481 e. The molecule has 0 N–H and O–H groups in total. The van der Waals surface area contributed by atoms with Gasteiger partial charge in [0.1, 0.15) is 0 Å². The molecule has 5 heteroatoms. The van der Waals surface area contributed by atoms with Crippen LogP contribution >= 0.6 is 0 Å². The van der Waals surface area contributed by atoms with Crippen LogP contribution < -0.4 is 10.3 Å². The summed E-state index contributed by atoms with van der Waals surface area (Å²) in [6.45, 7) is 4.00. The Bertz CT molecular complexity index is 620. The smallest absolute Gasteiger partial charge is 0.256 e. The van der Waals surface area contributed by atoms with E-state index in [4.69, 9.17) is 4.74 Å². The van der Waals surface area contributed by atoms with Crippen LogP contribution in [0.1, 0.15) is 17.0 Å². The minimum absolute atomic E-state index is 0.0351. The van der Waals surface area contributed by atoms with Gasteiger partial charge >= 0.3 is 0 Å². The molecule has 2 aromatic heterocycles. The average Bonchev–Trinajstić information content (AvgIpc) is 2.40. The molecule has 94 valence electrons. The number of aromatic nitrogens is 3. The van der Waals surface area contributed by atoms with Crippen LogP contribution in [0.3, 0.4) is 0 Å². The van der Waals surface area contributed by atoms with Crippen molar-refractivity contribution in [1.82, 2.24) is 14.5 Å². The molecule has 18 heavy (non-hydrogen) atoms. The van der Waals surface area contributed by atoms with Crippen LogP contribution in [0.25, 0.3) is 0 Å². The molecule has 0 radical (unpaired) electrons. The Morgan fingerprint density at radius 3 is 2.83 bits per heavy atom. The molecule has 0 amide bonds. The van der Waals surface area contributed by atoms with E-state index in [0.717, 1.165) is 11.4 Å². The quantitative estimate of drug-likeness (QED) is 0.818. The molecule has 2 rings (SSSR count). The molecular formula is C13H15N3O2. The third-order valence-electron chi connectivity index (χ3n) is 2.84. The van der Waals surface area contributed by atoms with E-state index in [-0.39, 0.29) is 5.56 Å². The lowest BCUT2D eigenvalue weighted by Crippen LogP contribution is -2.24. The van der Waals surface area contributed by atoms with Crippen LogP contribution in [0.2, 0.25) is 0 Å². The van der Waals surface area contributed by atoms with Crippen molar-refractivity contribution < 1.29 is 4.74 Å². The Balaban J connectivity index is 2.34. The van der Waals surface area contributed by atoms with E-state index in [1.807, 2.05) is 19.1 Å². The van der Waals surface area contributed by atoms with Crippen molar-refractivity contribution in [2.45, 2.75) is 20.4 Å². The summed E-state index contributed by atoms with van der Waals surface area (Å²) in [5.74, 6) is 0.539. The van der Waals surface area contributed by atoms with Crippen LogP contribution in [0.15, 0.2) is 29.3 Å². The Morgan fingerprint density at radius 1 is 1.33 bits per heavy atom. The highest BCUT2D eigenvalue weighted by Gasteiger charge is 2.05. The van der Waals surface area contributed by atoms with Crippen LogP contribution in [0, 0.1) is 13.8 Å². The number of hydrogen-bond acceptors (Lipinski definition) is 4. The van der Waals surface area contributed by atoms with Gasteiger partial charge < -0.3 is 4.74 Å². The first kappa shape index (κ1) is 12.3. The lowest BCUT2D eigenvalue weighted by atomic mass is 10.2. The van der Waals surface area contributed by atoms with Crippen molar-refractivity contribution in [2.24, 2.45) is 0 Å². The molecule has 0 saturated heterocycles. The van der Waals surface area contributed by atoms with Crippen molar-refractivity contribution >= 4 is 0 Å². The zero-order chi connectivity index (χ0) is 13.1. The van der Waals surface area contributed by atoms with Crippen LogP contribution in [0.4, 0.5) is 0 Å². The van der Waals surface area contributed by atoms with E-state index in [1.165, 1.54) is 0 Å². The monoisotopic (exact) mass is 245 g/mol. The molecular weight excluding hydrogens is 230 g/mol. The number of ether oxygens (including phenoxy) is 1. The Labute approximate surface area is 105 Å². The minimum Gasteiger partial charge on any atom is -0.481 e. The maximum absolute atomic E-state index is 12.0. The predicted octanol–water partition coefficient (Wildman–Crippen LogP) is 1.31. The fourth-order valence-electron chi connectivity index (χ4n) is 1.62. The zero-order valence-corrected chi connectivity index (χ0v) is 10.7. The number of methoxy groups -OCH3 is 1. The fourth-order valence-corrected chi connectivity index (χ4v) is 1.62. The number of nitrogens with zero attached hydrogens (tertiary/aromatic N) is 3. The summed E-state index contributed by atoms with van der Waals surface area (Å²) < 4.78 is 6.60. The highest BCUT2D eigenvalue weighted by Crippen LogP contribution is 2.07. The molecule has 0 aliphatic rings. The third kappa shape index (κ3) is 2.40. The Kier molecular flexibility index (Phi) is 3.41. The maximum atomic E-state index is 12.0. The topological polar surface area (TPSA) is 57.0 Å². The summed E-state index contributed by atoms with van der Waals surface area (Å²) in [4.78, 5) is 20.5.